The van der Waals surface area contributed by atoms with Crippen molar-refractivity contribution in [3.63, 3.8) is 0 Å². The van der Waals surface area contributed by atoms with Gasteiger partial charge in [-0.2, -0.15) is 0 Å². The minimum absolute atomic E-state index is 0.240. The molecule has 0 saturated carbocycles. The number of nitrogens with one attached hydrogen (secondary N) is 2. The number of nitrogens with zero attached hydrogens (tertiary/aromatic N) is 2. The smallest absolute Gasteiger partial charge is 0.307 e. The molecule has 0 aliphatic carbocycles. The number of hydrogen-bond donors (Lipinski definition) is 2. The van der Waals surface area contributed by atoms with Gasteiger partial charge in [0.05, 0.1) is 11.9 Å². The van der Waals surface area contributed by atoms with Gasteiger partial charge in [-0.15, -0.1) is 0 Å². The summed E-state index contributed by atoms with van der Waals surface area (Å²) in [6.07, 6.45) is 5.08. The van der Waals surface area contributed by atoms with Crippen LogP contribution in [-0.2, 0) is 10.0 Å². The lowest BCUT2D eigenvalue weighted by molar-refractivity contribution is 0.253. The van der Waals surface area contributed by atoms with E-state index in [0.717, 1.165) is 12.3 Å². The van der Waals surface area contributed by atoms with E-state index in [1.54, 1.807) is 0 Å². The highest BCUT2D eigenvalue weighted by Gasteiger charge is 2.10. The van der Waals surface area contributed by atoms with Gasteiger partial charge in [0.25, 0.3) is 0 Å². The number of halogens is 1. The van der Waals surface area contributed by atoms with Crippen LogP contribution in [0.1, 0.15) is 0 Å². The zero-order chi connectivity index (χ0) is 14.8. The van der Waals surface area contributed by atoms with Gasteiger partial charge in [0.15, 0.2) is 0 Å². The van der Waals surface area contributed by atoms with Gasteiger partial charge < -0.3 is 5.32 Å². The molecule has 0 unspecified atom stereocenters. The number of hydrogen-bond acceptors (Lipinski definition) is 4. The predicted molar refractivity (Wildman–Crippen MR) is 71.5 cm³/mol. The summed E-state index contributed by atoms with van der Waals surface area (Å²) < 4.78 is 38.9. The van der Waals surface area contributed by atoms with Gasteiger partial charge in [0, 0.05) is 18.1 Å². The first kappa shape index (κ1) is 14.0. The summed E-state index contributed by atoms with van der Waals surface area (Å²) in [5.41, 5.74) is 0.00665. The summed E-state index contributed by atoms with van der Waals surface area (Å²) in [6.45, 7) is 0. The van der Waals surface area contributed by atoms with E-state index in [1.165, 1.54) is 35.4 Å². The van der Waals surface area contributed by atoms with Crippen molar-refractivity contribution in [3.8, 4) is 0 Å². The van der Waals surface area contributed by atoms with Crippen LogP contribution in [0.25, 0.3) is 0 Å². The molecule has 1 amide bonds. The number of carbonyl (C=O) groups excluding carboxylic acids is 1. The van der Waals surface area contributed by atoms with Crippen molar-refractivity contribution in [1.29, 1.82) is 0 Å². The van der Waals surface area contributed by atoms with Crippen molar-refractivity contribution >= 4 is 27.4 Å². The Hall–Kier alpha value is -2.42. The fourth-order valence-corrected chi connectivity index (χ4v) is 2.00. The topological polar surface area (TPSA) is 93.1 Å². The largest absolute Gasteiger partial charge is 0.331 e. The van der Waals surface area contributed by atoms with E-state index in [2.05, 4.69) is 10.3 Å². The first-order valence-electron chi connectivity index (χ1n) is 5.42. The average molecular weight is 298 g/mol. The molecular formula is C11H11FN4O3S. The molecule has 2 rings (SSSR count). The van der Waals surface area contributed by atoms with E-state index in [9.17, 15) is 17.6 Å². The Morgan fingerprint density at radius 2 is 2.15 bits per heavy atom. The molecule has 1 aromatic carbocycles. The Balaban J connectivity index is 2.21. The standard InChI is InChI=1S/C11H11FN4O3S/c1-20(18,19)15-10-6-8(2-3-9(10)12)14-11(17)16-5-4-13-7-16/h2-7,15H,1H3,(H,14,17). The maximum atomic E-state index is 13.5. The predicted octanol–water partition coefficient (Wildman–Crippen LogP) is 1.47. The van der Waals surface area contributed by atoms with Gasteiger partial charge in [-0.3, -0.25) is 9.29 Å². The molecule has 0 atom stereocenters. The van der Waals surface area contributed by atoms with Gasteiger partial charge in [0.2, 0.25) is 10.0 Å². The summed E-state index contributed by atoms with van der Waals surface area (Å²) >= 11 is 0. The third-order valence-electron chi connectivity index (χ3n) is 2.25. The molecule has 7 nitrogen and oxygen atoms in total. The molecule has 20 heavy (non-hydrogen) atoms. The summed E-state index contributed by atoms with van der Waals surface area (Å²) in [7, 11) is -3.61. The van der Waals surface area contributed by atoms with Crippen LogP contribution in [0, 0.1) is 5.82 Å². The van der Waals surface area contributed by atoms with Crippen LogP contribution in [0.2, 0.25) is 0 Å². The van der Waals surface area contributed by atoms with E-state index >= 15 is 0 Å². The number of benzene rings is 1. The summed E-state index contributed by atoms with van der Waals surface area (Å²) in [6, 6.07) is 3.05. The van der Waals surface area contributed by atoms with Crippen LogP contribution in [0.4, 0.5) is 20.6 Å². The van der Waals surface area contributed by atoms with Gasteiger partial charge in [-0.25, -0.2) is 22.6 Å². The van der Waals surface area contributed by atoms with Crippen molar-refractivity contribution in [2.75, 3.05) is 16.3 Å². The molecule has 0 fully saturated rings. The lowest BCUT2D eigenvalue weighted by Crippen LogP contribution is -2.18. The second-order valence-electron chi connectivity index (χ2n) is 3.97. The number of anilines is 2. The first-order chi connectivity index (χ1) is 9.35. The third-order valence-corrected chi connectivity index (χ3v) is 2.84. The number of imidazole rings is 1. The van der Waals surface area contributed by atoms with Crippen LogP contribution in [0.5, 0.6) is 0 Å². The zero-order valence-corrected chi connectivity index (χ0v) is 11.2. The Morgan fingerprint density at radius 1 is 1.40 bits per heavy atom. The Kier molecular flexibility index (Phi) is 3.70. The number of sulfonamides is 1. The van der Waals surface area contributed by atoms with Gasteiger partial charge in [-0.1, -0.05) is 0 Å². The summed E-state index contributed by atoms with van der Waals surface area (Å²) in [4.78, 5) is 15.5. The fourth-order valence-electron chi connectivity index (χ4n) is 1.45. The third kappa shape index (κ3) is 3.54. The molecule has 1 heterocycles. The van der Waals surface area contributed by atoms with E-state index < -0.39 is 21.9 Å². The van der Waals surface area contributed by atoms with Crippen LogP contribution < -0.4 is 10.0 Å². The highest BCUT2D eigenvalue weighted by Crippen LogP contribution is 2.20. The Labute approximate surface area is 114 Å². The maximum Gasteiger partial charge on any atom is 0.331 e. The van der Waals surface area contributed by atoms with Crippen molar-refractivity contribution in [1.82, 2.24) is 9.55 Å². The minimum atomic E-state index is -3.61. The molecule has 0 bridgehead atoms. The van der Waals surface area contributed by atoms with Crippen molar-refractivity contribution < 1.29 is 17.6 Å². The average Bonchev–Trinajstić information content (AvgIpc) is 2.85. The number of carbonyl (C=O) groups is 1. The normalized spacial score (nSPS) is 11.1. The Morgan fingerprint density at radius 3 is 2.75 bits per heavy atom. The molecule has 0 radical (unpaired) electrons. The summed E-state index contributed by atoms with van der Waals surface area (Å²) in [5.74, 6) is -0.740. The number of aromatic nitrogens is 2. The lowest BCUT2D eigenvalue weighted by atomic mass is 10.3. The van der Waals surface area contributed by atoms with E-state index in [4.69, 9.17) is 0 Å². The van der Waals surface area contributed by atoms with Crippen LogP contribution >= 0.6 is 0 Å². The molecule has 2 aromatic rings. The second-order valence-corrected chi connectivity index (χ2v) is 5.72. The molecular weight excluding hydrogens is 287 g/mol. The quantitative estimate of drug-likeness (QED) is 0.897. The highest BCUT2D eigenvalue weighted by molar-refractivity contribution is 7.92. The fraction of sp³-hybridized carbons (Fsp3) is 0.0909. The molecule has 0 aliphatic rings. The molecule has 0 spiro atoms. The lowest BCUT2D eigenvalue weighted by Gasteiger charge is -2.09. The molecule has 0 aliphatic heterocycles. The highest BCUT2D eigenvalue weighted by atomic mass is 32.2. The first-order valence-corrected chi connectivity index (χ1v) is 7.31. The van der Waals surface area contributed by atoms with Crippen LogP contribution in [0.15, 0.2) is 36.9 Å². The SMILES string of the molecule is CS(=O)(=O)Nc1cc(NC(=O)n2ccnc2)ccc1F. The Bertz CT molecular complexity index is 728. The molecule has 1 aromatic heterocycles. The molecule has 106 valence electrons. The zero-order valence-electron chi connectivity index (χ0n) is 10.4. The van der Waals surface area contributed by atoms with E-state index in [1.807, 2.05) is 4.72 Å². The van der Waals surface area contributed by atoms with Crippen molar-refractivity contribution in [2.24, 2.45) is 0 Å². The molecule has 0 saturated heterocycles. The molecule has 9 heteroatoms. The second kappa shape index (κ2) is 5.29. The maximum absolute atomic E-state index is 13.5. The van der Waals surface area contributed by atoms with E-state index in [0.29, 0.717) is 0 Å². The van der Waals surface area contributed by atoms with Gasteiger partial charge in [-0.05, 0) is 18.2 Å². The molecule has 2 N–H and O–H groups in total. The summed E-state index contributed by atoms with van der Waals surface area (Å²) in [5, 5.41) is 2.48. The van der Waals surface area contributed by atoms with Crippen LogP contribution in [-0.4, -0.2) is 30.3 Å². The monoisotopic (exact) mass is 298 g/mol. The number of rotatable bonds is 3. The van der Waals surface area contributed by atoms with Gasteiger partial charge >= 0.3 is 6.03 Å². The van der Waals surface area contributed by atoms with Crippen LogP contribution in [0.3, 0.4) is 0 Å². The van der Waals surface area contributed by atoms with Crippen molar-refractivity contribution in [2.45, 2.75) is 0 Å². The van der Waals surface area contributed by atoms with Gasteiger partial charge in [0.1, 0.15) is 12.1 Å². The van der Waals surface area contributed by atoms with Crippen molar-refractivity contribution in [3.05, 3.63) is 42.7 Å². The minimum Gasteiger partial charge on any atom is -0.307 e. The number of amides is 1. The van der Waals surface area contributed by atoms with E-state index in [-0.39, 0.29) is 11.4 Å².